The summed E-state index contributed by atoms with van der Waals surface area (Å²) < 4.78 is 24.3. The van der Waals surface area contributed by atoms with Crippen molar-refractivity contribution < 1.29 is 13.9 Å². The molecule has 1 saturated heterocycles. The van der Waals surface area contributed by atoms with Crippen LogP contribution in [-0.4, -0.2) is 19.3 Å². The maximum Gasteiger partial charge on any atom is 0.124 e. The Bertz CT molecular complexity index is 376. The van der Waals surface area contributed by atoms with Crippen LogP contribution in [-0.2, 0) is 4.74 Å². The van der Waals surface area contributed by atoms with Crippen molar-refractivity contribution in [3.8, 4) is 5.75 Å². The molecule has 4 heteroatoms. The van der Waals surface area contributed by atoms with E-state index in [4.69, 9.17) is 15.2 Å². The van der Waals surface area contributed by atoms with Crippen LogP contribution in [0.5, 0.6) is 5.75 Å². The minimum atomic E-state index is -0.281. The number of halogens is 1. The van der Waals surface area contributed by atoms with Gasteiger partial charge in [0, 0.05) is 24.4 Å². The fourth-order valence-electron chi connectivity index (χ4n) is 1.96. The molecule has 1 aliphatic heterocycles. The minimum Gasteiger partial charge on any atom is -0.490 e. The van der Waals surface area contributed by atoms with Crippen molar-refractivity contribution in [2.24, 2.45) is 5.73 Å². The van der Waals surface area contributed by atoms with E-state index in [9.17, 15) is 4.39 Å². The van der Waals surface area contributed by atoms with Gasteiger partial charge >= 0.3 is 0 Å². The van der Waals surface area contributed by atoms with E-state index in [-0.39, 0.29) is 18.0 Å². The Morgan fingerprint density at radius 3 is 2.76 bits per heavy atom. The molecule has 0 aromatic heterocycles. The van der Waals surface area contributed by atoms with E-state index in [0.717, 1.165) is 31.6 Å². The second-order valence-corrected chi connectivity index (χ2v) is 4.40. The topological polar surface area (TPSA) is 44.5 Å². The molecule has 1 aliphatic rings. The van der Waals surface area contributed by atoms with Gasteiger partial charge < -0.3 is 15.2 Å². The van der Waals surface area contributed by atoms with E-state index in [2.05, 4.69) is 0 Å². The van der Waals surface area contributed by atoms with E-state index >= 15 is 0 Å². The molecule has 17 heavy (non-hydrogen) atoms. The number of nitrogens with two attached hydrogens (primary N) is 1. The van der Waals surface area contributed by atoms with Crippen molar-refractivity contribution in [1.82, 2.24) is 0 Å². The normalized spacial score (nSPS) is 19.0. The summed E-state index contributed by atoms with van der Waals surface area (Å²) >= 11 is 0. The molecular formula is C13H18FNO2. The summed E-state index contributed by atoms with van der Waals surface area (Å²) in [5.41, 5.74) is 6.54. The SMILES string of the molecule is CC(N)c1cc(F)ccc1OC1CCOCC1. The van der Waals surface area contributed by atoms with E-state index in [1.807, 2.05) is 6.92 Å². The summed E-state index contributed by atoms with van der Waals surface area (Å²) in [7, 11) is 0. The molecule has 0 bridgehead atoms. The molecule has 2 rings (SSSR count). The Kier molecular flexibility index (Phi) is 3.97. The first-order chi connectivity index (χ1) is 8.16. The molecule has 1 fully saturated rings. The zero-order valence-corrected chi connectivity index (χ0v) is 9.99. The Hall–Kier alpha value is -1.13. The number of benzene rings is 1. The van der Waals surface area contributed by atoms with Crippen molar-refractivity contribution in [2.75, 3.05) is 13.2 Å². The first kappa shape index (κ1) is 12.3. The van der Waals surface area contributed by atoms with Crippen LogP contribution in [0, 0.1) is 5.82 Å². The number of ether oxygens (including phenoxy) is 2. The van der Waals surface area contributed by atoms with Crippen molar-refractivity contribution >= 4 is 0 Å². The summed E-state index contributed by atoms with van der Waals surface area (Å²) in [5, 5.41) is 0. The molecule has 0 aliphatic carbocycles. The lowest BCUT2D eigenvalue weighted by atomic mass is 10.1. The molecule has 0 amide bonds. The molecule has 0 spiro atoms. The summed E-state index contributed by atoms with van der Waals surface area (Å²) in [6.45, 7) is 3.27. The van der Waals surface area contributed by atoms with Gasteiger partial charge in [-0.1, -0.05) is 0 Å². The first-order valence-corrected chi connectivity index (χ1v) is 5.96. The fraction of sp³-hybridized carbons (Fsp3) is 0.538. The van der Waals surface area contributed by atoms with Crippen LogP contribution in [0.1, 0.15) is 31.4 Å². The van der Waals surface area contributed by atoms with Gasteiger partial charge in [-0.15, -0.1) is 0 Å². The standard InChI is InChI=1S/C13H18FNO2/c1-9(15)12-8-10(14)2-3-13(12)17-11-4-6-16-7-5-11/h2-3,8-9,11H,4-7,15H2,1H3. The Labute approximate surface area is 101 Å². The highest BCUT2D eigenvalue weighted by atomic mass is 19.1. The Balaban J connectivity index is 2.13. The second-order valence-electron chi connectivity index (χ2n) is 4.40. The predicted octanol–water partition coefficient (Wildman–Crippen LogP) is 2.40. The smallest absolute Gasteiger partial charge is 0.124 e. The van der Waals surface area contributed by atoms with E-state index in [1.54, 1.807) is 6.07 Å². The lowest BCUT2D eigenvalue weighted by Crippen LogP contribution is -2.26. The van der Waals surface area contributed by atoms with Gasteiger partial charge in [0.25, 0.3) is 0 Å². The lowest BCUT2D eigenvalue weighted by Gasteiger charge is -2.25. The van der Waals surface area contributed by atoms with Crippen molar-refractivity contribution in [1.29, 1.82) is 0 Å². The van der Waals surface area contributed by atoms with Crippen molar-refractivity contribution in [3.05, 3.63) is 29.6 Å². The maximum atomic E-state index is 13.2. The first-order valence-electron chi connectivity index (χ1n) is 5.96. The van der Waals surface area contributed by atoms with Gasteiger partial charge in [-0.25, -0.2) is 4.39 Å². The fourth-order valence-corrected chi connectivity index (χ4v) is 1.96. The predicted molar refractivity (Wildman–Crippen MR) is 63.5 cm³/mol. The molecule has 94 valence electrons. The van der Waals surface area contributed by atoms with Crippen molar-refractivity contribution in [3.63, 3.8) is 0 Å². The largest absolute Gasteiger partial charge is 0.490 e. The zero-order valence-electron chi connectivity index (χ0n) is 9.99. The summed E-state index contributed by atoms with van der Waals surface area (Å²) in [5.74, 6) is 0.407. The van der Waals surface area contributed by atoms with Crippen LogP contribution in [0.4, 0.5) is 4.39 Å². The zero-order chi connectivity index (χ0) is 12.3. The quantitative estimate of drug-likeness (QED) is 0.881. The highest BCUT2D eigenvalue weighted by molar-refractivity contribution is 5.36. The van der Waals surface area contributed by atoms with Crippen LogP contribution < -0.4 is 10.5 Å². The highest BCUT2D eigenvalue weighted by Gasteiger charge is 2.18. The second kappa shape index (κ2) is 5.47. The Morgan fingerprint density at radius 1 is 1.41 bits per heavy atom. The van der Waals surface area contributed by atoms with E-state index in [1.165, 1.54) is 12.1 Å². The van der Waals surface area contributed by atoms with Gasteiger partial charge in [-0.05, 0) is 25.1 Å². The maximum absolute atomic E-state index is 13.2. The number of rotatable bonds is 3. The summed E-state index contributed by atoms with van der Waals surface area (Å²) in [6.07, 6.45) is 1.89. The van der Waals surface area contributed by atoms with Gasteiger partial charge in [0.05, 0.1) is 13.2 Å². The average molecular weight is 239 g/mol. The third-order valence-corrected chi connectivity index (χ3v) is 2.92. The van der Waals surface area contributed by atoms with E-state index < -0.39 is 0 Å². The number of hydrogen-bond donors (Lipinski definition) is 1. The molecule has 1 heterocycles. The van der Waals surface area contributed by atoms with Crippen LogP contribution in [0.25, 0.3) is 0 Å². The average Bonchev–Trinajstić information content (AvgIpc) is 2.32. The van der Waals surface area contributed by atoms with Crippen LogP contribution in [0.15, 0.2) is 18.2 Å². The van der Waals surface area contributed by atoms with Gasteiger partial charge in [0.2, 0.25) is 0 Å². The lowest BCUT2D eigenvalue weighted by molar-refractivity contribution is 0.0250. The van der Waals surface area contributed by atoms with Crippen molar-refractivity contribution in [2.45, 2.75) is 31.9 Å². The third kappa shape index (κ3) is 3.17. The molecule has 1 atom stereocenters. The van der Waals surface area contributed by atoms with E-state index in [0.29, 0.717) is 5.75 Å². The Morgan fingerprint density at radius 2 is 2.12 bits per heavy atom. The van der Waals surface area contributed by atoms with Crippen LogP contribution >= 0.6 is 0 Å². The number of hydrogen-bond acceptors (Lipinski definition) is 3. The minimum absolute atomic E-state index is 0.145. The molecule has 1 aromatic rings. The molecule has 1 aromatic carbocycles. The molecule has 0 radical (unpaired) electrons. The van der Waals surface area contributed by atoms with Gasteiger partial charge in [-0.3, -0.25) is 0 Å². The molecule has 2 N–H and O–H groups in total. The highest BCUT2D eigenvalue weighted by Crippen LogP contribution is 2.27. The summed E-state index contributed by atoms with van der Waals surface area (Å²) in [4.78, 5) is 0. The van der Waals surface area contributed by atoms with Gasteiger partial charge in [0.1, 0.15) is 17.7 Å². The van der Waals surface area contributed by atoms with Crippen LogP contribution in [0.2, 0.25) is 0 Å². The van der Waals surface area contributed by atoms with Crippen LogP contribution in [0.3, 0.4) is 0 Å². The third-order valence-electron chi connectivity index (χ3n) is 2.92. The molecule has 1 unspecified atom stereocenters. The summed E-state index contributed by atoms with van der Waals surface area (Å²) in [6, 6.07) is 4.27. The molecular weight excluding hydrogens is 221 g/mol. The van der Waals surface area contributed by atoms with Gasteiger partial charge in [0.15, 0.2) is 0 Å². The molecule has 0 saturated carbocycles. The monoisotopic (exact) mass is 239 g/mol. The molecule has 3 nitrogen and oxygen atoms in total. The van der Waals surface area contributed by atoms with Gasteiger partial charge in [-0.2, -0.15) is 0 Å².